The lowest BCUT2D eigenvalue weighted by molar-refractivity contribution is 0.668. The minimum absolute atomic E-state index is 0.900. The molecule has 0 fully saturated rings. The van der Waals surface area contributed by atoms with E-state index in [4.69, 9.17) is 4.42 Å². The van der Waals surface area contributed by atoms with Gasteiger partial charge in [-0.15, -0.1) is 22.7 Å². The number of aromatic nitrogens is 1. The molecule has 0 spiro atoms. The molecule has 0 atom stereocenters. The number of thiophene rings is 2. The highest BCUT2D eigenvalue weighted by Gasteiger charge is 2.20. The van der Waals surface area contributed by atoms with E-state index in [1.807, 2.05) is 22.7 Å². The number of furan rings is 1. The fraction of sp³-hybridized carbons (Fsp3) is 0. The van der Waals surface area contributed by atoms with Crippen molar-refractivity contribution in [3.05, 3.63) is 140 Å². The van der Waals surface area contributed by atoms with Crippen LogP contribution in [0.3, 0.4) is 0 Å². The Balaban J connectivity index is 1.20. The summed E-state index contributed by atoms with van der Waals surface area (Å²) in [6.07, 6.45) is 0. The van der Waals surface area contributed by atoms with Crippen molar-refractivity contribution >= 4 is 107 Å². The number of rotatable bonds is 2. The zero-order valence-electron chi connectivity index (χ0n) is 24.5. The molecule has 214 valence electrons. The van der Waals surface area contributed by atoms with Gasteiger partial charge in [-0.25, -0.2) is 0 Å². The Bertz CT molecular complexity index is 3040. The lowest BCUT2D eigenvalue weighted by Crippen LogP contribution is -1.93. The van der Waals surface area contributed by atoms with Gasteiger partial charge in [0.15, 0.2) is 0 Å². The van der Waals surface area contributed by atoms with Gasteiger partial charge < -0.3 is 8.98 Å². The average molecular weight is 622 g/mol. The summed E-state index contributed by atoms with van der Waals surface area (Å²) in [5, 5.41) is 10.1. The molecule has 0 saturated carbocycles. The predicted octanol–water partition coefficient (Wildman–Crippen LogP) is 13.1. The summed E-state index contributed by atoms with van der Waals surface area (Å²) in [7, 11) is 0. The van der Waals surface area contributed by atoms with E-state index >= 15 is 0 Å². The molecule has 11 rings (SSSR count). The van der Waals surface area contributed by atoms with Crippen LogP contribution in [0.5, 0.6) is 0 Å². The highest BCUT2D eigenvalue weighted by Crippen LogP contribution is 2.46. The lowest BCUT2D eigenvalue weighted by Gasteiger charge is -2.09. The third kappa shape index (κ3) is 3.24. The fourth-order valence-corrected chi connectivity index (χ4v) is 10.0. The Hall–Kier alpha value is -5.42. The number of hydrogen-bond acceptors (Lipinski definition) is 3. The monoisotopic (exact) mass is 621 g/mol. The van der Waals surface area contributed by atoms with E-state index in [0.29, 0.717) is 0 Å². The Morgan fingerprint density at radius 3 is 2.00 bits per heavy atom. The molecule has 4 heteroatoms. The van der Waals surface area contributed by atoms with Gasteiger partial charge in [0.05, 0.1) is 15.7 Å². The van der Waals surface area contributed by atoms with Gasteiger partial charge in [-0.3, -0.25) is 0 Å². The molecule has 11 aromatic rings. The minimum Gasteiger partial charge on any atom is -0.456 e. The number of hydrogen-bond donors (Lipinski definition) is 0. The van der Waals surface area contributed by atoms with Crippen molar-refractivity contribution in [1.82, 2.24) is 4.57 Å². The SMILES string of the molecule is c1cc(-c2cccc3sc4ccccc4c23)c2c(c1)oc1cc(-n3c4ccccc4c4ccc5c6ccccc6sc5c43)ccc12. The zero-order chi connectivity index (χ0) is 29.9. The first kappa shape index (κ1) is 24.8. The van der Waals surface area contributed by atoms with Gasteiger partial charge in [0.25, 0.3) is 0 Å². The first-order valence-electron chi connectivity index (χ1n) is 15.5. The average Bonchev–Trinajstić information content (AvgIpc) is 3.86. The summed E-state index contributed by atoms with van der Waals surface area (Å²) < 4.78 is 14.4. The highest BCUT2D eigenvalue weighted by atomic mass is 32.1. The molecule has 0 radical (unpaired) electrons. The van der Waals surface area contributed by atoms with Crippen LogP contribution in [0.1, 0.15) is 0 Å². The number of fused-ring (bicyclic) bond motifs is 13. The Kier molecular flexibility index (Phi) is 4.90. The summed E-state index contributed by atoms with van der Waals surface area (Å²) in [5.74, 6) is 0. The molecule has 0 unspecified atom stereocenters. The van der Waals surface area contributed by atoms with Crippen LogP contribution in [0, 0.1) is 0 Å². The van der Waals surface area contributed by atoms with Gasteiger partial charge in [0, 0.05) is 68.9 Å². The minimum atomic E-state index is 0.900. The molecular formula is C42H23NOS2. The largest absolute Gasteiger partial charge is 0.456 e. The maximum Gasteiger partial charge on any atom is 0.137 e. The summed E-state index contributed by atoms with van der Waals surface area (Å²) >= 11 is 3.74. The van der Waals surface area contributed by atoms with Gasteiger partial charge in [-0.05, 0) is 53.6 Å². The van der Waals surface area contributed by atoms with Crippen molar-refractivity contribution in [1.29, 1.82) is 0 Å². The zero-order valence-corrected chi connectivity index (χ0v) is 26.1. The van der Waals surface area contributed by atoms with E-state index in [1.54, 1.807) is 0 Å². The van der Waals surface area contributed by atoms with Crippen molar-refractivity contribution < 1.29 is 4.42 Å². The van der Waals surface area contributed by atoms with Crippen LogP contribution in [0.4, 0.5) is 0 Å². The first-order valence-corrected chi connectivity index (χ1v) is 17.1. The van der Waals surface area contributed by atoms with Crippen LogP contribution in [0.15, 0.2) is 144 Å². The molecule has 0 aliphatic rings. The highest BCUT2D eigenvalue weighted by molar-refractivity contribution is 7.26. The lowest BCUT2D eigenvalue weighted by atomic mass is 9.95. The predicted molar refractivity (Wildman–Crippen MR) is 199 cm³/mol. The second-order valence-corrected chi connectivity index (χ2v) is 14.2. The molecule has 4 heterocycles. The van der Waals surface area contributed by atoms with Crippen LogP contribution in [0.2, 0.25) is 0 Å². The third-order valence-electron chi connectivity index (χ3n) is 9.61. The van der Waals surface area contributed by atoms with Crippen LogP contribution in [-0.4, -0.2) is 4.57 Å². The van der Waals surface area contributed by atoms with Crippen LogP contribution in [-0.2, 0) is 0 Å². The van der Waals surface area contributed by atoms with Gasteiger partial charge >= 0.3 is 0 Å². The van der Waals surface area contributed by atoms with E-state index < -0.39 is 0 Å². The van der Waals surface area contributed by atoms with E-state index in [2.05, 4.69) is 144 Å². The molecule has 46 heavy (non-hydrogen) atoms. The molecule has 0 amide bonds. The molecule has 0 bridgehead atoms. The van der Waals surface area contributed by atoms with Crippen molar-refractivity contribution in [3.8, 4) is 16.8 Å². The first-order chi connectivity index (χ1) is 22.8. The molecule has 7 aromatic carbocycles. The Morgan fingerprint density at radius 1 is 0.435 bits per heavy atom. The maximum atomic E-state index is 6.69. The molecule has 0 aliphatic carbocycles. The van der Waals surface area contributed by atoms with Gasteiger partial charge in [0.2, 0.25) is 0 Å². The van der Waals surface area contributed by atoms with Crippen molar-refractivity contribution in [2.75, 3.05) is 0 Å². The summed E-state index contributed by atoms with van der Waals surface area (Å²) in [6, 6.07) is 50.8. The summed E-state index contributed by atoms with van der Waals surface area (Å²) in [6.45, 7) is 0. The molecule has 2 nitrogen and oxygen atoms in total. The van der Waals surface area contributed by atoms with Crippen LogP contribution < -0.4 is 0 Å². The summed E-state index contributed by atoms with van der Waals surface area (Å²) in [4.78, 5) is 0. The molecule has 4 aromatic heterocycles. The van der Waals surface area contributed by atoms with Gasteiger partial charge in [-0.1, -0.05) is 91.0 Å². The van der Waals surface area contributed by atoms with Crippen molar-refractivity contribution in [3.63, 3.8) is 0 Å². The molecule has 0 saturated heterocycles. The van der Waals surface area contributed by atoms with E-state index in [0.717, 1.165) is 22.2 Å². The second kappa shape index (κ2) is 9.07. The summed E-state index contributed by atoms with van der Waals surface area (Å²) in [5.41, 5.74) is 7.84. The standard InChI is InChI=1S/C42H23NOS2/c1-4-14-33-25(9-1)29-21-22-30-26-10-2-5-16-36(26)46-42(30)41(29)43(33)24-19-20-31-35(23-24)44-34-15-7-12-27(39(31)34)28-13-8-18-38-40(28)32-11-3-6-17-37(32)45-38/h1-23H. The van der Waals surface area contributed by atoms with Crippen LogP contribution >= 0.6 is 22.7 Å². The maximum absolute atomic E-state index is 6.69. The van der Waals surface area contributed by atoms with E-state index in [-0.39, 0.29) is 0 Å². The van der Waals surface area contributed by atoms with E-state index in [9.17, 15) is 0 Å². The topological polar surface area (TPSA) is 18.1 Å². The smallest absolute Gasteiger partial charge is 0.137 e. The normalized spacial score (nSPS) is 12.3. The number of nitrogens with zero attached hydrogens (tertiary/aromatic N) is 1. The van der Waals surface area contributed by atoms with E-state index in [1.165, 1.54) is 78.7 Å². The molecular weight excluding hydrogens is 599 g/mol. The van der Waals surface area contributed by atoms with Crippen LogP contribution in [0.25, 0.3) is 101 Å². The Labute approximate surface area is 270 Å². The Morgan fingerprint density at radius 2 is 1.11 bits per heavy atom. The fourth-order valence-electron chi connectivity index (χ4n) is 7.68. The number of para-hydroxylation sites is 1. The third-order valence-corrected chi connectivity index (χ3v) is 11.9. The molecule has 0 aliphatic heterocycles. The van der Waals surface area contributed by atoms with Crippen molar-refractivity contribution in [2.24, 2.45) is 0 Å². The van der Waals surface area contributed by atoms with Gasteiger partial charge in [-0.2, -0.15) is 0 Å². The van der Waals surface area contributed by atoms with Crippen molar-refractivity contribution in [2.45, 2.75) is 0 Å². The molecule has 0 N–H and O–H groups in total. The van der Waals surface area contributed by atoms with Gasteiger partial charge in [0.1, 0.15) is 11.2 Å². The number of benzene rings is 7. The quantitative estimate of drug-likeness (QED) is 0.188. The second-order valence-electron chi connectivity index (χ2n) is 12.0.